The zero-order valence-electron chi connectivity index (χ0n) is 12.1. The molecule has 3 aromatic rings. The third kappa shape index (κ3) is 3.20. The summed E-state index contributed by atoms with van der Waals surface area (Å²) >= 11 is 1.59. The topological polar surface area (TPSA) is 92.5 Å². The van der Waals surface area contributed by atoms with Gasteiger partial charge in [-0.2, -0.15) is 0 Å². The van der Waals surface area contributed by atoms with E-state index in [-0.39, 0.29) is 6.04 Å². The Labute approximate surface area is 126 Å². The number of anilines is 1. The number of fused-ring (bicyclic) bond motifs is 1. The molecule has 0 aliphatic heterocycles. The largest absolute Gasteiger partial charge is 0.364 e. The SMILES string of the molecule is Cc1nc(NCc2cscn2)c2cc(C[C@H](C)N)[nH]c2n1. The van der Waals surface area contributed by atoms with E-state index in [4.69, 9.17) is 5.73 Å². The highest BCUT2D eigenvalue weighted by Gasteiger charge is 2.11. The van der Waals surface area contributed by atoms with E-state index in [0.717, 1.165) is 40.5 Å². The first-order valence-electron chi connectivity index (χ1n) is 6.84. The van der Waals surface area contributed by atoms with Crippen LogP contribution in [0.1, 0.15) is 24.1 Å². The van der Waals surface area contributed by atoms with Crippen molar-refractivity contribution in [2.24, 2.45) is 5.73 Å². The monoisotopic (exact) mass is 302 g/mol. The Morgan fingerprint density at radius 2 is 2.29 bits per heavy atom. The average molecular weight is 302 g/mol. The molecule has 0 aliphatic carbocycles. The lowest BCUT2D eigenvalue weighted by Gasteiger charge is -2.05. The predicted molar refractivity (Wildman–Crippen MR) is 85.4 cm³/mol. The number of H-pyrrole nitrogens is 1. The van der Waals surface area contributed by atoms with Gasteiger partial charge in [0.2, 0.25) is 0 Å². The third-order valence-electron chi connectivity index (χ3n) is 3.12. The molecular weight excluding hydrogens is 284 g/mol. The lowest BCUT2D eigenvalue weighted by atomic mass is 10.2. The summed E-state index contributed by atoms with van der Waals surface area (Å²) in [6.45, 7) is 4.53. The van der Waals surface area contributed by atoms with E-state index in [0.29, 0.717) is 6.54 Å². The van der Waals surface area contributed by atoms with Crippen molar-refractivity contribution in [3.05, 3.63) is 34.2 Å². The smallest absolute Gasteiger partial charge is 0.143 e. The maximum atomic E-state index is 5.86. The molecule has 0 bridgehead atoms. The second kappa shape index (κ2) is 5.79. The van der Waals surface area contributed by atoms with Gasteiger partial charge in [0.05, 0.1) is 23.1 Å². The number of aryl methyl sites for hydroxylation is 1. The van der Waals surface area contributed by atoms with E-state index in [1.54, 1.807) is 11.3 Å². The molecule has 0 spiro atoms. The molecule has 1 atom stereocenters. The van der Waals surface area contributed by atoms with E-state index < -0.39 is 0 Å². The highest BCUT2D eigenvalue weighted by atomic mass is 32.1. The van der Waals surface area contributed by atoms with E-state index >= 15 is 0 Å². The molecule has 0 fully saturated rings. The van der Waals surface area contributed by atoms with Crippen LogP contribution < -0.4 is 11.1 Å². The van der Waals surface area contributed by atoms with Crippen LogP contribution in [-0.4, -0.2) is 26.0 Å². The van der Waals surface area contributed by atoms with Crippen molar-refractivity contribution in [2.45, 2.75) is 32.9 Å². The Kier molecular flexibility index (Phi) is 3.85. The Hall–Kier alpha value is -1.99. The van der Waals surface area contributed by atoms with Crippen LogP contribution in [0.2, 0.25) is 0 Å². The maximum absolute atomic E-state index is 5.86. The number of nitrogens with two attached hydrogens (primary N) is 1. The van der Waals surface area contributed by atoms with E-state index in [1.165, 1.54) is 0 Å². The Bertz CT molecular complexity index is 731. The van der Waals surface area contributed by atoms with Gasteiger partial charge < -0.3 is 16.0 Å². The quantitative estimate of drug-likeness (QED) is 0.672. The highest BCUT2D eigenvalue weighted by molar-refractivity contribution is 7.07. The van der Waals surface area contributed by atoms with Crippen LogP contribution in [0, 0.1) is 6.92 Å². The minimum Gasteiger partial charge on any atom is -0.364 e. The zero-order chi connectivity index (χ0) is 14.8. The van der Waals surface area contributed by atoms with Crippen LogP contribution in [0.15, 0.2) is 17.0 Å². The number of nitrogens with zero attached hydrogens (tertiary/aromatic N) is 3. The molecule has 0 amide bonds. The van der Waals surface area contributed by atoms with Crippen molar-refractivity contribution in [1.82, 2.24) is 19.9 Å². The molecule has 6 nitrogen and oxygen atoms in total. The van der Waals surface area contributed by atoms with Gasteiger partial charge in [0.25, 0.3) is 0 Å². The molecular formula is C14H18N6S. The lowest BCUT2D eigenvalue weighted by Crippen LogP contribution is -2.17. The number of thiazole rings is 1. The summed E-state index contributed by atoms with van der Waals surface area (Å²) in [4.78, 5) is 16.5. The highest BCUT2D eigenvalue weighted by Crippen LogP contribution is 2.22. The second-order valence-corrected chi connectivity index (χ2v) is 5.91. The molecule has 0 saturated heterocycles. The summed E-state index contributed by atoms with van der Waals surface area (Å²) in [6, 6.07) is 2.18. The third-order valence-corrected chi connectivity index (χ3v) is 3.75. The lowest BCUT2D eigenvalue weighted by molar-refractivity contribution is 0.726. The molecule has 0 unspecified atom stereocenters. The molecule has 0 aromatic carbocycles. The Morgan fingerprint density at radius 3 is 3.00 bits per heavy atom. The summed E-state index contributed by atoms with van der Waals surface area (Å²) in [7, 11) is 0. The van der Waals surface area contributed by atoms with Gasteiger partial charge in [-0.3, -0.25) is 0 Å². The molecule has 3 rings (SSSR count). The summed E-state index contributed by atoms with van der Waals surface area (Å²) < 4.78 is 0. The summed E-state index contributed by atoms with van der Waals surface area (Å²) in [5.74, 6) is 1.56. The minimum atomic E-state index is 0.110. The normalized spacial score (nSPS) is 12.7. The Balaban J connectivity index is 1.90. The van der Waals surface area contributed by atoms with Crippen LogP contribution in [0.5, 0.6) is 0 Å². The second-order valence-electron chi connectivity index (χ2n) is 5.19. The minimum absolute atomic E-state index is 0.110. The van der Waals surface area contributed by atoms with Gasteiger partial charge >= 0.3 is 0 Å². The van der Waals surface area contributed by atoms with Crippen molar-refractivity contribution in [1.29, 1.82) is 0 Å². The van der Waals surface area contributed by atoms with E-state index in [9.17, 15) is 0 Å². The fourth-order valence-electron chi connectivity index (χ4n) is 2.27. The molecule has 0 saturated carbocycles. The van der Waals surface area contributed by atoms with Gasteiger partial charge in [-0.15, -0.1) is 11.3 Å². The molecule has 0 radical (unpaired) electrons. The van der Waals surface area contributed by atoms with E-state index in [2.05, 4.69) is 31.3 Å². The first kappa shape index (κ1) is 14.0. The van der Waals surface area contributed by atoms with Crippen molar-refractivity contribution in [3.63, 3.8) is 0 Å². The van der Waals surface area contributed by atoms with Crippen molar-refractivity contribution >= 4 is 28.2 Å². The van der Waals surface area contributed by atoms with Crippen LogP contribution in [-0.2, 0) is 13.0 Å². The number of rotatable bonds is 5. The first-order valence-corrected chi connectivity index (χ1v) is 7.79. The first-order chi connectivity index (χ1) is 10.1. The van der Waals surface area contributed by atoms with Gasteiger partial charge in [-0.1, -0.05) is 0 Å². The van der Waals surface area contributed by atoms with Crippen LogP contribution in [0.3, 0.4) is 0 Å². The molecule has 0 aliphatic rings. The fourth-order valence-corrected chi connectivity index (χ4v) is 2.82. The van der Waals surface area contributed by atoms with Gasteiger partial charge in [0.15, 0.2) is 0 Å². The molecule has 4 N–H and O–H groups in total. The summed E-state index contributed by atoms with van der Waals surface area (Å²) in [5, 5.41) is 6.36. The van der Waals surface area contributed by atoms with Crippen LogP contribution in [0.4, 0.5) is 5.82 Å². The van der Waals surface area contributed by atoms with Gasteiger partial charge in [0, 0.05) is 23.5 Å². The predicted octanol–water partition coefficient (Wildman–Crippen LogP) is 2.22. The molecule has 3 heterocycles. The van der Waals surface area contributed by atoms with Crippen molar-refractivity contribution in [3.8, 4) is 0 Å². The summed E-state index contributed by atoms with van der Waals surface area (Å²) in [6.07, 6.45) is 0.793. The van der Waals surface area contributed by atoms with Gasteiger partial charge in [-0.05, 0) is 19.9 Å². The number of aromatic amines is 1. The number of hydrogen-bond donors (Lipinski definition) is 3. The van der Waals surface area contributed by atoms with Crippen molar-refractivity contribution < 1.29 is 0 Å². The average Bonchev–Trinajstić information content (AvgIpc) is 3.03. The van der Waals surface area contributed by atoms with Crippen molar-refractivity contribution in [2.75, 3.05) is 5.32 Å². The fraction of sp³-hybridized carbons (Fsp3) is 0.357. The molecule has 3 aromatic heterocycles. The number of aromatic nitrogens is 4. The van der Waals surface area contributed by atoms with Gasteiger partial charge in [0.1, 0.15) is 17.3 Å². The van der Waals surface area contributed by atoms with Gasteiger partial charge in [-0.25, -0.2) is 15.0 Å². The maximum Gasteiger partial charge on any atom is 0.143 e. The Morgan fingerprint density at radius 1 is 1.43 bits per heavy atom. The molecule has 110 valence electrons. The summed E-state index contributed by atoms with van der Waals surface area (Å²) in [5.41, 5.74) is 10.6. The van der Waals surface area contributed by atoms with E-state index in [1.807, 2.05) is 24.7 Å². The number of hydrogen-bond acceptors (Lipinski definition) is 6. The zero-order valence-corrected chi connectivity index (χ0v) is 12.9. The molecule has 7 heteroatoms. The van der Waals surface area contributed by atoms with Crippen LogP contribution >= 0.6 is 11.3 Å². The standard InChI is InChI=1S/C14H18N6S/c1-8(15)3-10-4-12-13(16-5-11-6-21-7-17-11)18-9(2)19-14(12)20-10/h4,6-8H,3,5,15H2,1-2H3,(H2,16,18,19,20)/t8-/m0/s1. The number of nitrogens with one attached hydrogen (secondary N) is 2. The van der Waals surface area contributed by atoms with Crippen LogP contribution in [0.25, 0.3) is 11.0 Å². The molecule has 21 heavy (non-hydrogen) atoms.